The topological polar surface area (TPSA) is 47.4 Å². The van der Waals surface area contributed by atoms with Gasteiger partial charge in [-0.25, -0.2) is 9.37 Å². The van der Waals surface area contributed by atoms with Gasteiger partial charge >= 0.3 is 0 Å². The molecular formula is C20H24FN3O2. The third kappa shape index (κ3) is 3.32. The zero-order chi connectivity index (χ0) is 18.1. The summed E-state index contributed by atoms with van der Waals surface area (Å²) >= 11 is 0. The number of likely N-dealkylation sites (tertiary alicyclic amines) is 1. The van der Waals surface area contributed by atoms with Crippen LogP contribution in [-0.4, -0.2) is 40.1 Å². The number of aromatic nitrogens is 2. The highest BCUT2D eigenvalue weighted by molar-refractivity contribution is 5.78. The van der Waals surface area contributed by atoms with Crippen LogP contribution in [0.5, 0.6) is 5.75 Å². The Morgan fingerprint density at radius 1 is 1.27 bits per heavy atom. The number of carbonyl (C=O) groups is 1. The Morgan fingerprint density at radius 3 is 2.73 bits per heavy atom. The van der Waals surface area contributed by atoms with Gasteiger partial charge in [0.2, 0.25) is 0 Å². The summed E-state index contributed by atoms with van der Waals surface area (Å²) in [7, 11) is 0. The molecule has 6 heteroatoms. The van der Waals surface area contributed by atoms with Gasteiger partial charge in [-0.2, -0.15) is 0 Å². The van der Waals surface area contributed by atoms with Crippen molar-refractivity contribution in [2.24, 2.45) is 0 Å². The van der Waals surface area contributed by atoms with Crippen molar-refractivity contribution in [3.63, 3.8) is 0 Å². The van der Waals surface area contributed by atoms with Gasteiger partial charge < -0.3 is 14.2 Å². The Hall–Kier alpha value is -2.37. The Kier molecular flexibility index (Phi) is 4.66. The summed E-state index contributed by atoms with van der Waals surface area (Å²) in [5.74, 6) is 1.93. The van der Waals surface area contributed by atoms with Crippen LogP contribution in [0.2, 0.25) is 0 Å². The van der Waals surface area contributed by atoms with Crippen LogP contribution < -0.4 is 4.74 Å². The Morgan fingerprint density at radius 2 is 2.04 bits per heavy atom. The number of halogens is 1. The van der Waals surface area contributed by atoms with E-state index in [4.69, 9.17) is 4.74 Å². The number of benzene rings is 1. The molecule has 1 aromatic carbocycles. The highest BCUT2D eigenvalue weighted by Gasteiger charge is 2.32. The zero-order valence-electron chi connectivity index (χ0n) is 15.0. The highest BCUT2D eigenvalue weighted by atomic mass is 19.1. The van der Waals surface area contributed by atoms with E-state index < -0.39 is 0 Å². The molecule has 0 spiro atoms. The predicted molar refractivity (Wildman–Crippen MR) is 95.7 cm³/mol. The molecule has 2 fully saturated rings. The zero-order valence-corrected chi connectivity index (χ0v) is 15.0. The van der Waals surface area contributed by atoms with Gasteiger partial charge in [0.05, 0.1) is 6.04 Å². The summed E-state index contributed by atoms with van der Waals surface area (Å²) in [5, 5.41) is 0. The van der Waals surface area contributed by atoms with Crippen LogP contribution in [-0.2, 0) is 4.79 Å². The molecule has 0 N–H and O–H groups in total. The molecule has 2 aromatic rings. The minimum atomic E-state index is -0.316. The van der Waals surface area contributed by atoms with Crippen LogP contribution in [0, 0.1) is 12.7 Å². The number of aryl methyl sites for hydroxylation is 1. The maximum atomic E-state index is 12.9. The van der Waals surface area contributed by atoms with Gasteiger partial charge in [-0.15, -0.1) is 0 Å². The first-order chi connectivity index (χ1) is 12.6. The summed E-state index contributed by atoms with van der Waals surface area (Å²) in [6, 6.07) is 6.03. The lowest BCUT2D eigenvalue weighted by Gasteiger charge is -2.28. The summed E-state index contributed by atoms with van der Waals surface area (Å²) in [6.45, 7) is 3.51. The van der Waals surface area contributed by atoms with Crippen LogP contribution in [0.4, 0.5) is 4.39 Å². The number of hydrogen-bond acceptors (Lipinski definition) is 3. The smallest absolute Gasteiger partial charge is 0.260 e. The molecular weight excluding hydrogens is 333 g/mol. The van der Waals surface area contributed by atoms with Gasteiger partial charge in [0.1, 0.15) is 17.4 Å². The third-order valence-corrected chi connectivity index (χ3v) is 5.54. The first-order valence-corrected chi connectivity index (χ1v) is 9.31. The molecule has 2 aliphatic rings. The van der Waals surface area contributed by atoms with Crippen molar-refractivity contribution < 1.29 is 13.9 Å². The molecule has 1 saturated carbocycles. The molecule has 5 nitrogen and oxygen atoms in total. The quantitative estimate of drug-likeness (QED) is 0.823. The van der Waals surface area contributed by atoms with E-state index in [0.29, 0.717) is 24.3 Å². The lowest BCUT2D eigenvalue weighted by atomic mass is 9.84. The average Bonchev–Trinajstić information content (AvgIpc) is 3.20. The molecule has 1 aliphatic carbocycles. The molecule has 1 aliphatic heterocycles. The first kappa shape index (κ1) is 17.1. The molecule has 1 amide bonds. The Balaban J connectivity index is 1.37. The van der Waals surface area contributed by atoms with Gasteiger partial charge in [-0.05, 0) is 50.5 Å². The number of hydrogen-bond donors (Lipinski definition) is 0. The van der Waals surface area contributed by atoms with Crippen molar-refractivity contribution in [3.8, 4) is 5.75 Å². The number of amides is 1. The van der Waals surface area contributed by atoms with E-state index in [1.807, 2.05) is 11.1 Å². The molecule has 26 heavy (non-hydrogen) atoms. The van der Waals surface area contributed by atoms with E-state index in [-0.39, 0.29) is 18.3 Å². The van der Waals surface area contributed by atoms with Gasteiger partial charge in [0.15, 0.2) is 6.61 Å². The SMILES string of the molecule is Cc1cnc(C2CCC2)n1[C@H]1CCN(C(=O)COc2ccc(F)cc2)C1. The molecule has 2 heterocycles. The molecule has 0 bridgehead atoms. The second-order valence-corrected chi connectivity index (χ2v) is 7.28. The van der Waals surface area contributed by atoms with Gasteiger partial charge in [0.25, 0.3) is 5.91 Å². The second-order valence-electron chi connectivity index (χ2n) is 7.28. The van der Waals surface area contributed by atoms with Crippen molar-refractivity contribution in [3.05, 3.63) is 47.8 Å². The van der Waals surface area contributed by atoms with E-state index in [2.05, 4.69) is 16.5 Å². The summed E-state index contributed by atoms with van der Waals surface area (Å²) < 4.78 is 20.8. The minimum Gasteiger partial charge on any atom is -0.484 e. The summed E-state index contributed by atoms with van der Waals surface area (Å²) in [6.07, 6.45) is 6.62. The molecule has 0 unspecified atom stereocenters. The van der Waals surface area contributed by atoms with E-state index in [1.54, 1.807) is 0 Å². The normalized spacial score (nSPS) is 20.2. The van der Waals surface area contributed by atoms with Crippen molar-refractivity contribution in [1.82, 2.24) is 14.5 Å². The fourth-order valence-electron chi connectivity index (χ4n) is 3.85. The van der Waals surface area contributed by atoms with E-state index in [0.717, 1.165) is 13.0 Å². The molecule has 1 saturated heterocycles. The number of nitrogens with zero attached hydrogens (tertiary/aromatic N) is 3. The minimum absolute atomic E-state index is 0.0171. The van der Waals surface area contributed by atoms with Crippen LogP contribution in [0.15, 0.2) is 30.5 Å². The van der Waals surface area contributed by atoms with Crippen LogP contribution in [0.25, 0.3) is 0 Å². The van der Waals surface area contributed by atoms with Crippen LogP contribution in [0.1, 0.15) is 49.2 Å². The molecule has 1 atom stereocenters. The fraction of sp³-hybridized carbons (Fsp3) is 0.500. The van der Waals surface area contributed by atoms with E-state index >= 15 is 0 Å². The van der Waals surface area contributed by atoms with Gasteiger partial charge in [-0.1, -0.05) is 6.42 Å². The predicted octanol–water partition coefficient (Wildman–Crippen LogP) is 3.45. The molecule has 1 aromatic heterocycles. The first-order valence-electron chi connectivity index (χ1n) is 9.31. The van der Waals surface area contributed by atoms with E-state index in [1.165, 1.54) is 55.0 Å². The standard InChI is InChI=1S/C20H24FN3O2/c1-14-11-22-20(15-3-2-4-15)24(14)17-9-10-23(12-17)19(25)13-26-18-7-5-16(21)6-8-18/h5-8,11,15,17H,2-4,9-10,12-13H2,1H3/t17-/m0/s1. The summed E-state index contributed by atoms with van der Waals surface area (Å²) in [4.78, 5) is 19.0. The number of carbonyl (C=O) groups excluding carboxylic acids is 1. The number of ether oxygens (including phenoxy) is 1. The highest BCUT2D eigenvalue weighted by Crippen LogP contribution is 2.38. The maximum Gasteiger partial charge on any atom is 0.260 e. The summed E-state index contributed by atoms with van der Waals surface area (Å²) in [5.41, 5.74) is 1.17. The lowest BCUT2D eigenvalue weighted by molar-refractivity contribution is -0.132. The van der Waals surface area contributed by atoms with Crippen molar-refractivity contribution in [2.75, 3.05) is 19.7 Å². The van der Waals surface area contributed by atoms with Crippen LogP contribution >= 0.6 is 0 Å². The molecule has 0 radical (unpaired) electrons. The second kappa shape index (κ2) is 7.09. The Labute approximate surface area is 152 Å². The third-order valence-electron chi connectivity index (χ3n) is 5.54. The van der Waals surface area contributed by atoms with Crippen molar-refractivity contribution in [1.29, 1.82) is 0 Å². The number of rotatable bonds is 5. The van der Waals surface area contributed by atoms with Gasteiger partial charge in [0, 0.05) is 30.9 Å². The van der Waals surface area contributed by atoms with Crippen molar-refractivity contribution in [2.45, 2.75) is 44.6 Å². The number of imidazole rings is 1. The molecule has 138 valence electrons. The maximum absolute atomic E-state index is 12.9. The Bertz CT molecular complexity index is 783. The van der Waals surface area contributed by atoms with Crippen molar-refractivity contribution >= 4 is 5.91 Å². The largest absolute Gasteiger partial charge is 0.484 e. The molecule has 4 rings (SSSR count). The fourth-order valence-corrected chi connectivity index (χ4v) is 3.85. The van der Waals surface area contributed by atoms with E-state index in [9.17, 15) is 9.18 Å². The van der Waals surface area contributed by atoms with Gasteiger partial charge in [-0.3, -0.25) is 4.79 Å². The van der Waals surface area contributed by atoms with Crippen LogP contribution in [0.3, 0.4) is 0 Å². The monoisotopic (exact) mass is 357 g/mol. The average molecular weight is 357 g/mol. The lowest BCUT2D eigenvalue weighted by Crippen LogP contribution is -2.33.